The lowest BCUT2D eigenvalue weighted by atomic mass is 10.1. The minimum Gasteiger partial charge on any atom is -0.354 e. The van der Waals surface area contributed by atoms with Crippen LogP contribution < -0.4 is 5.32 Å². The van der Waals surface area contributed by atoms with Gasteiger partial charge in [-0.2, -0.15) is 0 Å². The lowest BCUT2D eigenvalue weighted by molar-refractivity contribution is 0.507. The first-order valence-electron chi connectivity index (χ1n) is 6.70. The third-order valence-electron chi connectivity index (χ3n) is 2.97. The van der Waals surface area contributed by atoms with E-state index in [1.54, 1.807) is 0 Å². The number of hydrogen-bond donors (Lipinski definition) is 1. The summed E-state index contributed by atoms with van der Waals surface area (Å²) < 4.78 is 2.32. The number of nitrogens with one attached hydrogen (secondary N) is 1. The zero-order valence-electron chi connectivity index (χ0n) is 11.0. The molecular weight excluding hydrogens is 196 g/mol. The Morgan fingerprint density at radius 3 is 2.69 bits per heavy atom. The number of aromatic nitrogens is 1. The van der Waals surface area contributed by atoms with Crippen LogP contribution >= 0.6 is 0 Å². The second kappa shape index (κ2) is 7.50. The van der Waals surface area contributed by atoms with Gasteiger partial charge in [0.15, 0.2) is 0 Å². The number of nitrogens with zero attached hydrogens (tertiary/aromatic N) is 1. The summed E-state index contributed by atoms with van der Waals surface area (Å²) in [7, 11) is 0. The van der Waals surface area contributed by atoms with Crippen LogP contribution in [0.1, 0.15) is 58.1 Å². The van der Waals surface area contributed by atoms with E-state index in [0.717, 1.165) is 13.1 Å². The van der Waals surface area contributed by atoms with Crippen LogP contribution in [0.4, 0.5) is 0 Å². The zero-order valence-corrected chi connectivity index (χ0v) is 11.0. The SMILES string of the molecule is CCCCn1ccc(C(CCC)NCC)c1. The maximum absolute atomic E-state index is 3.56. The fraction of sp³-hybridized carbons (Fsp3) is 0.714. The molecule has 0 saturated carbocycles. The molecule has 1 unspecified atom stereocenters. The van der Waals surface area contributed by atoms with Gasteiger partial charge in [-0.15, -0.1) is 0 Å². The van der Waals surface area contributed by atoms with Crippen molar-refractivity contribution in [3.8, 4) is 0 Å². The van der Waals surface area contributed by atoms with Crippen LogP contribution in [0.3, 0.4) is 0 Å². The molecule has 0 saturated heterocycles. The molecule has 16 heavy (non-hydrogen) atoms. The van der Waals surface area contributed by atoms with Crippen LogP contribution in [0.25, 0.3) is 0 Å². The van der Waals surface area contributed by atoms with Crippen molar-refractivity contribution < 1.29 is 0 Å². The van der Waals surface area contributed by atoms with E-state index in [1.165, 1.54) is 31.2 Å². The number of unbranched alkanes of at least 4 members (excludes halogenated alkanes) is 1. The van der Waals surface area contributed by atoms with E-state index in [1.807, 2.05) is 0 Å². The van der Waals surface area contributed by atoms with Crippen molar-refractivity contribution in [2.24, 2.45) is 0 Å². The number of rotatable bonds is 8. The average Bonchev–Trinajstić information content (AvgIpc) is 2.74. The Hall–Kier alpha value is -0.760. The molecule has 1 rings (SSSR count). The quantitative estimate of drug-likeness (QED) is 0.709. The Morgan fingerprint density at radius 2 is 2.06 bits per heavy atom. The maximum atomic E-state index is 3.56. The molecule has 1 N–H and O–H groups in total. The van der Waals surface area contributed by atoms with E-state index in [9.17, 15) is 0 Å². The lowest BCUT2D eigenvalue weighted by Crippen LogP contribution is -2.20. The number of hydrogen-bond acceptors (Lipinski definition) is 1. The Bertz CT molecular complexity index is 272. The monoisotopic (exact) mass is 222 g/mol. The van der Waals surface area contributed by atoms with E-state index < -0.39 is 0 Å². The third-order valence-corrected chi connectivity index (χ3v) is 2.97. The molecule has 0 aliphatic carbocycles. The first-order valence-corrected chi connectivity index (χ1v) is 6.70. The third kappa shape index (κ3) is 4.01. The van der Waals surface area contributed by atoms with Gasteiger partial charge in [0, 0.05) is 25.0 Å². The number of aryl methyl sites for hydroxylation is 1. The zero-order chi connectivity index (χ0) is 11.8. The molecule has 0 aromatic carbocycles. The van der Waals surface area contributed by atoms with Crippen molar-refractivity contribution in [1.82, 2.24) is 9.88 Å². The minimum absolute atomic E-state index is 0.540. The summed E-state index contributed by atoms with van der Waals surface area (Å²) in [6.45, 7) is 8.87. The van der Waals surface area contributed by atoms with Crippen molar-refractivity contribution in [2.75, 3.05) is 6.54 Å². The van der Waals surface area contributed by atoms with Crippen LogP contribution in [0.15, 0.2) is 18.5 Å². The second-order valence-corrected chi connectivity index (χ2v) is 4.44. The highest BCUT2D eigenvalue weighted by molar-refractivity contribution is 5.15. The Morgan fingerprint density at radius 1 is 1.25 bits per heavy atom. The molecule has 1 heterocycles. The Balaban J connectivity index is 2.58. The molecular formula is C14H26N2. The molecule has 0 radical (unpaired) electrons. The van der Waals surface area contributed by atoms with Crippen molar-refractivity contribution in [1.29, 1.82) is 0 Å². The van der Waals surface area contributed by atoms with Gasteiger partial charge in [0.2, 0.25) is 0 Å². The summed E-state index contributed by atoms with van der Waals surface area (Å²) >= 11 is 0. The Kier molecular flexibility index (Phi) is 6.24. The topological polar surface area (TPSA) is 17.0 Å². The summed E-state index contributed by atoms with van der Waals surface area (Å²) in [6, 6.07) is 2.80. The van der Waals surface area contributed by atoms with Crippen LogP contribution in [-0.4, -0.2) is 11.1 Å². The van der Waals surface area contributed by atoms with Crippen molar-refractivity contribution in [2.45, 2.75) is 59.0 Å². The van der Waals surface area contributed by atoms with Crippen molar-refractivity contribution in [3.05, 3.63) is 24.0 Å². The molecule has 2 nitrogen and oxygen atoms in total. The molecule has 1 aromatic rings. The summed E-state index contributed by atoms with van der Waals surface area (Å²) in [5.41, 5.74) is 1.44. The molecule has 0 fully saturated rings. The van der Waals surface area contributed by atoms with E-state index in [2.05, 4.69) is 49.1 Å². The highest BCUT2D eigenvalue weighted by Gasteiger charge is 2.09. The smallest absolute Gasteiger partial charge is 0.0335 e. The molecule has 2 heteroatoms. The Labute approximate surface area is 100 Å². The summed E-state index contributed by atoms with van der Waals surface area (Å²) in [4.78, 5) is 0. The molecule has 1 aromatic heterocycles. The molecule has 0 spiro atoms. The van der Waals surface area contributed by atoms with E-state index in [-0.39, 0.29) is 0 Å². The molecule has 0 aliphatic heterocycles. The van der Waals surface area contributed by atoms with Gasteiger partial charge in [-0.3, -0.25) is 0 Å². The molecule has 0 aliphatic rings. The first kappa shape index (κ1) is 13.3. The highest BCUT2D eigenvalue weighted by Crippen LogP contribution is 2.18. The summed E-state index contributed by atoms with van der Waals surface area (Å²) in [6.07, 6.45) is 9.51. The predicted molar refractivity (Wildman–Crippen MR) is 70.7 cm³/mol. The van der Waals surface area contributed by atoms with Crippen LogP contribution in [-0.2, 0) is 6.54 Å². The van der Waals surface area contributed by atoms with E-state index in [0.29, 0.717) is 6.04 Å². The highest BCUT2D eigenvalue weighted by atomic mass is 15.0. The van der Waals surface area contributed by atoms with Gasteiger partial charge in [0.05, 0.1) is 0 Å². The minimum atomic E-state index is 0.540. The van der Waals surface area contributed by atoms with Gasteiger partial charge in [-0.1, -0.05) is 33.6 Å². The van der Waals surface area contributed by atoms with Gasteiger partial charge >= 0.3 is 0 Å². The fourth-order valence-corrected chi connectivity index (χ4v) is 2.07. The van der Waals surface area contributed by atoms with Gasteiger partial charge in [-0.25, -0.2) is 0 Å². The molecule has 0 amide bonds. The summed E-state index contributed by atoms with van der Waals surface area (Å²) in [5, 5.41) is 3.56. The van der Waals surface area contributed by atoms with E-state index in [4.69, 9.17) is 0 Å². The molecule has 0 bridgehead atoms. The molecule has 1 atom stereocenters. The first-order chi connectivity index (χ1) is 7.81. The predicted octanol–water partition coefficient (Wildman–Crippen LogP) is 3.74. The fourth-order valence-electron chi connectivity index (χ4n) is 2.07. The largest absolute Gasteiger partial charge is 0.354 e. The normalized spacial score (nSPS) is 12.9. The van der Waals surface area contributed by atoms with Crippen LogP contribution in [0.5, 0.6) is 0 Å². The van der Waals surface area contributed by atoms with Crippen molar-refractivity contribution >= 4 is 0 Å². The van der Waals surface area contributed by atoms with E-state index >= 15 is 0 Å². The van der Waals surface area contributed by atoms with Crippen LogP contribution in [0, 0.1) is 0 Å². The molecule has 92 valence electrons. The van der Waals surface area contributed by atoms with Gasteiger partial charge in [0.25, 0.3) is 0 Å². The van der Waals surface area contributed by atoms with Gasteiger partial charge in [0.1, 0.15) is 0 Å². The van der Waals surface area contributed by atoms with Crippen molar-refractivity contribution in [3.63, 3.8) is 0 Å². The van der Waals surface area contributed by atoms with Crippen LogP contribution in [0.2, 0.25) is 0 Å². The average molecular weight is 222 g/mol. The van der Waals surface area contributed by atoms with Gasteiger partial charge in [-0.05, 0) is 31.0 Å². The summed E-state index contributed by atoms with van der Waals surface area (Å²) in [5.74, 6) is 0. The lowest BCUT2D eigenvalue weighted by Gasteiger charge is -2.15. The van der Waals surface area contributed by atoms with Gasteiger partial charge < -0.3 is 9.88 Å². The second-order valence-electron chi connectivity index (χ2n) is 4.44. The maximum Gasteiger partial charge on any atom is 0.0335 e. The standard InChI is InChI=1S/C14H26N2/c1-4-7-10-16-11-9-13(12-16)14(8-5-2)15-6-3/h9,11-12,14-15H,4-8,10H2,1-3H3.